The van der Waals surface area contributed by atoms with Gasteiger partial charge in [-0.1, -0.05) is 23.5 Å². The molecule has 0 aliphatic carbocycles. The molecule has 4 aromatic rings. The third-order valence-electron chi connectivity index (χ3n) is 4.92. The minimum Gasteiger partial charge on any atom is -0.491 e. The van der Waals surface area contributed by atoms with E-state index in [0.717, 1.165) is 21.6 Å². The highest BCUT2D eigenvalue weighted by atomic mass is 32.1. The average molecular weight is 484 g/mol. The number of rotatable bonds is 11. The summed E-state index contributed by atoms with van der Waals surface area (Å²) >= 11 is 1.35. The second kappa shape index (κ2) is 11.1. The average Bonchev–Trinajstić information content (AvgIpc) is 3.50. The van der Waals surface area contributed by atoms with Crippen molar-refractivity contribution in [3.05, 3.63) is 48.4 Å². The van der Waals surface area contributed by atoms with E-state index in [1.807, 2.05) is 24.3 Å². The van der Waals surface area contributed by atoms with Crippen molar-refractivity contribution in [1.82, 2.24) is 19.7 Å². The van der Waals surface area contributed by atoms with E-state index in [-0.39, 0.29) is 5.91 Å². The Morgan fingerprint density at radius 3 is 2.76 bits per heavy atom. The first-order valence-corrected chi connectivity index (χ1v) is 11.3. The van der Waals surface area contributed by atoms with Crippen LogP contribution in [0.2, 0.25) is 0 Å². The van der Waals surface area contributed by atoms with Crippen LogP contribution in [0.15, 0.2) is 42.9 Å². The van der Waals surface area contributed by atoms with Gasteiger partial charge in [0.05, 0.1) is 43.3 Å². The molecular weight excluding hydrogens is 458 g/mol. The van der Waals surface area contributed by atoms with Crippen LogP contribution in [0, 0.1) is 0 Å². The molecule has 0 spiro atoms. The standard InChI is InChI=1S/C23H25N5O5S/c1-30-8-7-28-14-16(12-25-28)21(29)27-23-26-19-20(34-23)18(13-24-22(19)32-3)15-5-4-6-17(11-15)33-10-9-31-2/h4-6,11-14H,7-10H2,1-3H3,(H,26,27,29). The van der Waals surface area contributed by atoms with Gasteiger partial charge in [0.2, 0.25) is 5.88 Å². The molecule has 0 atom stereocenters. The lowest BCUT2D eigenvalue weighted by atomic mass is 10.1. The predicted octanol–water partition coefficient (Wildman–Crippen LogP) is 3.49. The van der Waals surface area contributed by atoms with Crippen LogP contribution in [-0.4, -0.2) is 66.8 Å². The number of ether oxygens (including phenoxy) is 4. The van der Waals surface area contributed by atoms with Crippen LogP contribution in [0.4, 0.5) is 5.13 Å². The maximum absolute atomic E-state index is 12.8. The molecule has 0 saturated heterocycles. The third kappa shape index (κ3) is 5.33. The number of amides is 1. The Morgan fingerprint density at radius 2 is 1.97 bits per heavy atom. The Labute approximate surface area is 200 Å². The van der Waals surface area contributed by atoms with Crippen LogP contribution in [0.1, 0.15) is 10.4 Å². The van der Waals surface area contributed by atoms with E-state index in [9.17, 15) is 4.79 Å². The Balaban J connectivity index is 1.61. The van der Waals surface area contributed by atoms with Crippen LogP contribution in [0.25, 0.3) is 21.3 Å². The topological polar surface area (TPSA) is 110 Å². The zero-order chi connectivity index (χ0) is 23.9. The van der Waals surface area contributed by atoms with Crippen molar-refractivity contribution in [3.63, 3.8) is 0 Å². The molecule has 0 bridgehead atoms. The zero-order valence-corrected chi connectivity index (χ0v) is 19.9. The molecule has 34 heavy (non-hydrogen) atoms. The van der Waals surface area contributed by atoms with E-state index in [1.54, 1.807) is 31.3 Å². The Bertz CT molecular complexity index is 1270. The van der Waals surface area contributed by atoms with Gasteiger partial charge < -0.3 is 18.9 Å². The molecular formula is C23H25N5O5S. The first kappa shape index (κ1) is 23.6. The van der Waals surface area contributed by atoms with E-state index in [4.69, 9.17) is 18.9 Å². The number of nitrogens with zero attached hydrogens (tertiary/aromatic N) is 4. The highest BCUT2D eigenvalue weighted by Gasteiger charge is 2.18. The van der Waals surface area contributed by atoms with Gasteiger partial charge in [-0.2, -0.15) is 5.10 Å². The van der Waals surface area contributed by atoms with E-state index in [1.165, 1.54) is 24.6 Å². The lowest BCUT2D eigenvalue weighted by Gasteiger charge is -2.09. The van der Waals surface area contributed by atoms with E-state index in [0.29, 0.717) is 48.5 Å². The number of thiazole rings is 1. The molecule has 10 nitrogen and oxygen atoms in total. The molecule has 3 heterocycles. The maximum atomic E-state index is 12.8. The fourth-order valence-corrected chi connectivity index (χ4v) is 4.24. The molecule has 1 N–H and O–H groups in total. The molecule has 11 heteroatoms. The van der Waals surface area contributed by atoms with Crippen LogP contribution in [-0.2, 0) is 16.0 Å². The minimum absolute atomic E-state index is 0.301. The Morgan fingerprint density at radius 1 is 1.12 bits per heavy atom. The number of benzene rings is 1. The summed E-state index contributed by atoms with van der Waals surface area (Å²) in [6.07, 6.45) is 4.92. The number of pyridine rings is 1. The van der Waals surface area contributed by atoms with E-state index >= 15 is 0 Å². The number of carbonyl (C=O) groups is 1. The second-order valence-electron chi connectivity index (χ2n) is 7.19. The number of fused-ring (bicyclic) bond motifs is 1. The summed E-state index contributed by atoms with van der Waals surface area (Å²) in [6.45, 7) is 2.02. The number of methoxy groups -OCH3 is 3. The van der Waals surface area contributed by atoms with Gasteiger partial charge in [-0.25, -0.2) is 9.97 Å². The van der Waals surface area contributed by atoms with Gasteiger partial charge in [-0.3, -0.25) is 14.8 Å². The molecule has 1 amide bonds. The van der Waals surface area contributed by atoms with Gasteiger partial charge in [0.15, 0.2) is 5.13 Å². The first-order valence-electron chi connectivity index (χ1n) is 10.5. The summed E-state index contributed by atoms with van der Waals surface area (Å²) in [5, 5.41) is 7.47. The smallest absolute Gasteiger partial charge is 0.260 e. The fourth-order valence-electron chi connectivity index (χ4n) is 3.25. The molecule has 0 saturated carbocycles. The molecule has 3 aromatic heterocycles. The van der Waals surface area contributed by atoms with Gasteiger partial charge in [0.25, 0.3) is 5.91 Å². The quantitative estimate of drug-likeness (QED) is 0.323. The number of aromatic nitrogens is 4. The highest BCUT2D eigenvalue weighted by Crippen LogP contribution is 2.39. The lowest BCUT2D eigenvalue weighted by Crippen LogP contribution is -2.11. The summed E-state index contributed by atoms with van der Waals surface area (Å²) in [7, 11) is 4.79. The van der Waals surface area contributed by atoms with Gasteiger partial charge >= 0.3 is 0 Å². The molecule has 1 aromatic carbocycles. The van der Waals surface area contributed by atoms with Crippen molar-refractivity contribution >= 4 is 32.6 Å². The second-order valence-corrected chi connectivity index (χ2v) is 8.19. The fraction of sp³-hybridized carbons (Fsp3) is 0.304. The number of nitrogens with one attached hydrogen (secondary N) is 1. The van der Waals surface area contributed by atoms with Crippen molar-refractivity contribution in [1.29, 1.82) is 0 Å². The molecule has 0 radical (unpaired) electrons. The number of anilines is 1. The number of hydrogen-bond donors (Lipinski definition) is 1. The summed E-state index contributed by atoms with van der Waals surface area (Å²) in [4.78, 5) is 21.7. The van der Waals surface area contributed by atoms with Crippen molar-refractivity contribution in [2.24, 2.45) is 0 Å². The molecule has 0 fully saturated rings. The van der Waals surface area contributed by atoms with Gasteiger partial charge in [0, 0.05) is 32.2 Å². The van der Waals surface area contributed by atoms with Crippen LogP contribution < -0.4 is 14.8 Å². The maximum Gasteiger partial charge on any atom is 0.260 e. The third-order valence-corrected chi connectivity index (χ3v) is 5.92. The van der Waals surface area contributed by atoms with Gasteiger partial charge in [-0.05, 0) is 17.7 Å². The van der Waals surface area contributed by atoms with E-state index in [2.05, 4.69) is 20.4 Å². The summed E-state index contributed by atoms with van der Waals surface area (Å²) in [5.74, 6) is 0.808. The SMILES string of the molecule is COCCOc1cccc(-c2cnc(OC)c3nc(NC(=O)c4cnn(CCOC)c4)sc23)c1. The number of hydrogen-bond acceptors (Lipinski definition) is 9. The Hall–Kier alpha value is -3.54. The number of carbonyl (C=O) groups excluding carboxylic acids is 1. The van der Waals surface area contributed by atoms with E-state index < -0.39 is 0 Å². The normalized spacial score (nSPS) is 11.0. The largest absolute Gasteiger partial charge is 0.491 e. The molecule has 4 rings (SSSR count). The summed E-state index contributed by atoms with van der Waals surface area (Å²) < 4.78 is 23.7. The van der Waals surface area contributed by atoms with Crippen LogP contribution in [0.3, 0.4) is 0 Å². The molecule has 178 valence electrons. The monoisotopic (exact) mass is 483 g/mol. The first-order chi connectivity index (χ1) is 16.6. The lowest BCUT2D eigenvalue weighted by molar-refractivity contribution is 0.102. The van der Waals surface area contributed by atoms with Gasteiger partial charge in [-0.15, -0.1) is 0 Å². The van der Waals surface area contributed by atoms with Crippen molar-refractivity contribution < 1.29 is 23.7 Å². The van der Waals surface area contributed by atoms with Gasteiger partial charge in [0.1, 0.15) is 17.9 Å². The van der Waals surface area contributed by atoms with Crippen molar-refractivity contribution in [2.45, 2.75) is 6.54 Å². The van der Waals surface area contributed by atoms with Crippen molar-refractivity contribution in [3.8, 4) is 22.8 Å². The minimum atomic E-state index is -0.301. The highest BCUT2D eigenvalue weighted by molar-refractivity contribution is 7.23. The summed E-state index contributed by atoms with van der Waals surface area (Å²) in [6, 6.07) is 7.71. The predicted molar refractivity (Wildman–Crippen MR) is 129 cm³/mol. The zero-order valence-electron chi connectivity index (χ0n) is 19.1. The molecule has 0 aliphatic heterocycles. The van der Waals surface area contributed by atoms with Crippen LogP contribution >= 0.6 is 11.3 Å². The summed E-state index contributed by atoms with van der Waals surface area (Å²) in [5.41, 5.74) is 2.78. The van der Waals surface area contributed by atoms with Crippen LogP contribution in [0.5, 0.6) is 11.6 Å². The molecule has 0 aliphatic rings. The van der Waals surface area contributed by atoms with Crippen molar-refractivity contribution in [2.75, 3.05) is 46.5 Å². The molecule has 0 unspecified atom stereocenters. The Kier molecular flexibility index (Phi) is 7.68.